The van der Waals surface area contributed by atoms with Crippen LogP contribution in [-0.2, 0) is 11.2 Å². The lowest BCUT2D eigenvalue weighted by Gasteiger charge is -2.40. The Hall–Kier alpha value is -1.85. The van der Waals surface area contributed by atoms with Gasteiger partial charge in [0.15, 0.2) is 0 Å². The van der Waals surface area contributed by atoms with Crippen LogP contribution in [0.25, 0.3) is 0 Å². The largest absolute Gasteiger partial charge is 0.444 e. The molecule has 0 radical (unpaired) electrons. The van der Waals surface area contributed by atoms with Crippen LogP contribution < -0.4 is 5.32 Å². The molecule has 3 rings (SSSR count). The molecule has 0 aromatic carbocycles. The summed E-state index contributed by atoms with van der Waals surface area (Å²) in [5.74, 6) is 1.66. The third-order valence-electron chi connectivity index (χ3n) is 3.80. The minimum Gasteiger partial charge on any atom is -0.444 e. The molecule has 2 heterocycles. The second-order valence-electron chi connectivity index (χ2n) is 7.27. The fourth-order valence-electron chi connectivity index (χ4n) is 2.46. The van der Waals surface area contributed by atoms with E-state index in [1.54, 1.807) is 11.2 Å². The number of nitrogens with zero attached hydrogens (tertiary/aromatic N) is 3. The third kappa shape index (κ3) is 4.08. The lowest BCUT2D eigenvalue weighted by atomic mass is 10.1. The van der Waals surface area contributed by atoms with Crippen molar-refractivity contribution in [3.8, 4) is 0 Å². The second kappa shape index (κ2) is 5.74. The zero-order valence-corrected chi connectivity index (χ0v) is 13.5. The van der Waals surface area contributed by atoms with Crippen molar-refractivity contribution in [3.05, 3.63) is 18.1 Å². The molecule has 6 nitrogen and oxygen atoms in total. The van der Waals surface area contributed by atoms with E-state index in [2.05, 4.69) is 15.3 Å². The number of hydrogen-bond acceptors (Lipinski definition) is 5. The van der Waals surface area contributed by atoms with Gasteiger partial charge in [-0.1, -0.05) is 0 Å². The molecule has 0 spiro atoms. The van der Waals surface area contributed by atoms with Gasteiger partial charge in [0.05, 0.1) is 6.04 Å². The monoisotopic (exact) mass is 304 g/mol. The number of aromatic nitrogens is 2. The first kappa shape index (κ1) is 15.1. The Kier molecular flexibility index (Phi) is 3.93. The number of carbonyl (C=O) groups excluding carboxylic acids is 1. The minimum atomic E-state index is -0.444. The van der Waals surface area contributed by atoms with Crippen LogP contribution in [-0.4, -0.2) is 45.7 Å². The van der Waals surface area contributed by atoms with Gasteiger partial charge in [-0.2, -0.15) is 0 Å². The van der Waals surface area contributed by atoms with Crippen molar-refractivity contribution in [3.63, 3.8) is 0 Å². The Balaban J connectivity index is 1.46. The average molecular weight is 304 g/mol. The van der Waals surface area contributed by atoms with Crippen LogP contribution in [0.15, 0.2) is 12.4 Å². The molecule has 6 heteroatoms. The summed E-state index contributed by atoms with van der Waals surface area (Å²) in [4.78, 5) is 22.2. The normalized spacial score (nSPS) is 18.8. The average Bonchev–Trinajstić information content (AvgIpc) is 3.15. The van der Waals surface area contributed by atoms with Gasteiger partial charge in [-0.15, -0.1) is 0 Å². The Labute approximate surface area is 131 Å². The predicted octanol–water partition coefficient (Wildman–Crippen LogP) is 2.46. The van der Waals surface area contributed by atoms with E-state index in [0.717, 1.165) is 23.9 Å². The SMILES string of the molecule is CC(C)(C)OC(=O)N1CC(Nc2cc(CC3CC3)ncn2)C1. The third-order valence-corrected chi connectivity index (χ3v) is 3.80. The minimum absolute atomic E-state index is 0.233. The Morgan fingerprint density at radius 1 is 1.36 bits per heavy atom. The van der Waals surface area contributed by atoms with Gasteiger partial charge in [-0.3, -0.25) is 0 Å². The molecular weight excluding hydrogens is 280 g/mol. The van der Waals surface area contributed by atoms with Crippen molar-refractivity contribution >= 4 is 11.9 Å². The number of amides is 1. The van der Waals surface area contributed by atoms with Crippen LogP contribution in [0.4, 0.5) is 10.6 Å². The smallest absolute Gasteiger partial charge is 0.410 e. The summed E-state index contributed by atoms with van der Waals surface area (Å²) in [6.07, 6.45) is 5.05. The second-order valence-corrected chi connectivity index (χ2v) is 7.27. The highest BCUT2D eigenvalue weighted by molar-refractivity contribution is 5.69. The highest BCUT2D eigenvalue weighted by atomic mass is 16.6. The highest BCUT2D eigenvalue weighted by Crippen LogP contribution is 2.32. The summed E-state index contributed by atoms with van der Waals surface area (Å²) in [5, 5.41) is 3.36. The molecule has 1 aromatic heterocycles. The summed E-state index contributed by atoms with van der Waals surface area (Å²) >= 11 is 0. The van der Waals surface area contributed by atoms with E-state index >= 15 is 0 Å². The Morgan fingerprint density at radius 2 is 2.09 bits per heavy atom. The fraction of sp³-hybridized carbons (Fsp3) is 0.688. The van der Waals surface area contributed by atoms with Crippen LogP contribution >= 0.6 is 0 Å². The van der Waals surface area contributed by atoms with Gasteiger partial charge < -0.3 is 15.0 Å². The van der Waals surface area contributed by atoms with Gasteiger partial charge in [0.25, 0.3) is 0 Å². The van der Waals surface area contributed by atoms with Crippen LogP contribution in [0.5, 0.6) is 0 Å². The Bertz CT molecular complexity index is 545. The van der Waals surface area contributed by atoms with E-state index in [4.69, 9.17) is 4.74 Å². The number of likely N-dealkylation sites (tertiary alicyclic amines) is 1. The van der Waals surface area contributed by atoms with E-state index in [1.807, 2.05) is 26.8 Å². The topological polar surface area (TPSA) is 67.3 Å². The molecule has 1 aliphatic heterocycles. The number of ether oxygens (including phenoxy) is 1. The van der Waals surface area contributed by atoms with Crippen molar-refractivity contribution in [1.29, 1.82) is 0 Å². The summed E-state index contributed by atoms with van der Waals surface area (Å²) in [7, 11) is 0. The van der Waals surface area contributed by atoms with Crippen LogP contribution in [0.2, 0.25) is 0 Å². The first-order chi connectivity index (χ1) is 10.4. The molecule has 0 bridgehead atoms. The molecule has 1 N–H and O–H groups in total. The summed E-state index contributed by atoms with van der Waals surface area (Å²) in [6, 6.07) is 2.25. The molecule has 120 valence electrons. The number of rotatable bonds is 4. The fourth-order valence-corrected chi connectivity index (χ4v) is 2.46. The van der Waals surface area contributed by atoms with E-state index in [0.29, 0.717) is 13.1 Å². The zero-order chi connectivity index (χ0) is 15.7. The van der Waals surface area contributed by atoms with Gasteiger partial charge in [-0.05, 0) is 46.0 Å². The van der Waals surface area contributed by atoms with Crippen molar-refractivity contribution in [2.45, 2.75) is 51.7 Å². The molecule has 1 saturated carbocycles. The van der Waals surface area contributed by atoms with Gasteiger partial charge in [0.1, 0.15) is 17.7 Å². The highest BCUT2D eigenvalue weighted by Gasteiger charge is 2.33. The number of hydrogen-bond donors (Lipinski definition) is 1. The van der Waals surface area contributed by atoms with Crippen LogP contribution in [0.3, 0.4) is 0 Å². The van der Waals surface area contributed by atoms with E-state index < -0.39 is 5.60 Å². The summed E-state index contributed by atoms with van der Waals surface area (Å²) in [5.41, 5.74) is 0.656. The molecule has 2 aliphatic rings. The van der Waals surface area contributed by atoms with Crippen LogP contribution in [0, 0.1) is 5.92 Å². The molecule has 1 amide bonds. The van der Waals surface area contributed by atoms with Crippen molar-refractivity contribution in [2.24, 2.45) is 5.92 Å². The predicted molar refractivity (Wildman–Crippen MR) is 83.7 cm³/mol. The molecule has 22 heavy (non-hydrogen) atoms. The van der Waals surface area contributed by atoms with E-state index in [1.165, 1.54) is 12.8 Å². The van der Waals surface area contributed by atoms with E-state index in [-0.39, 0.29) is 12.1 Å². The summed E-state index contributed by atoms with van der Waals surface area (Å²) in [6.45, 7) is 6.93. The number of nitrogens with one attached hydrogen (secondary N) is 1. The maximum absolute atomic E-state index is 11.9. The Morgan fingerprint density at radius 3 is 2.73 bits per heavy atom. The molecular formula is C16H24N4O2. The van der Waals surface area contributed by atoms with Crippen molar-refractivity contribution < 1.29 is 9.53 Å². The van der Waals surface area contributed by atoms with Crippen molar-refractivity contribution in [2.75, 3.05) is 18.4 Å². The molecule has 1 aliphatic carbocycles. The van der Waals surface area contributed by atoms with E-state index in [9.17, 15) is 4.79 Å². The first-order valence-corrected chi connectivity index (χ1v) is 7.94. The van der Waals surface area contributed by atoms with Gasteiger partial charge in [0, 0.05) is 24.8 Å². The molecule has 0 atom stereocenters. The number of carbonyl (C=O) groups is 1. The summed E-state index contributed by atoms with van der Waals surface area (Å²) < 4.78 is 5.34. The molecule has 1 saturated heterocycles. The number of anilines is 1. The maximum Gasteiger partial charge on any atom is 0.410 e. The standard InChI is InChI=1S/C16H24N4O2/c1-16(2,3)22-15(21)20-8-13(9-20)19-14-7-12(17-10-18-14)6-11-4-5-11/h7,10-11,13H,4-6,8-9H2,1-3H3,(H,17,18,19). The van der Waals surface area contributed by atoms with Gasteiger partial charge in [0.2, 0.25) is 0 Å². The lowest BCUT2D eigenvalue weighted by molar-refractivity contribution is 0.0104. The molecule has 0 unspecified atom stereocenters. The first-order valence-electron chi connectivity index (χ1n) is 7.94. The van der Waals surface area contributed by atoms with Crippen molar-refractivity contribution in [1.82, 2.24) is 14.9 Å². The van der Waals surface area contributed by atoms with Crippen LogP contribution in [0.1, 0.15) is 39.3 Å². The zero-order valence-electron chi connectivity index (χ0n) is 13.5. The van der Waals surface area contributed by atoms with Gasteiger partial charge >= 0.3 is 6.09 Å². The molecule has 2 fully saturated rings. The maximum atomic E-state index is 11.9. The quantitative estimate of drug-likeness (QED) is 0.925. The van der Waals surface area contributed by atoms with Gasteiger partial charge in [-0.25, -0.2) is 14.8 Å². The lowest BCUT2D eigenvalue weighted by Crippen LogP contribution is -2.58. The molecule has 1 aromatic rings.